The monoisotopic (exact) mass is 264 g/mol. The van der Waals surface area contributed by atoms with Gasteiger partial charge in [0, 0.05) is 6.54 Å². The van der Waals surface area contributed by atoms with Gasteiger partial charge in [-0.25, -0.2) is 0 Å². The van der Waals surface area contributed by atoms with Crippen LogP contribution in [-0.4, -0.2) is 23.3 Å². The van der Waals surface area contributed by atoms with E-state index in [1.807, 2.05) is 13.0 Å². The van der Waals surface area contributed by atoms with E-state index in [0.29, 0.717) is 5.92 Å². The van der Waals surface area contributed by atoms with Gasteiger partial charge in [-0.05, 0) is 31.3 Å². The molecule has 0 aliphatic heterocycles. The summed E-state index contributed by atoms with van der Waals surface area (Å²) in [6.07, 6.45) is 11.5. The number of amides is 1. The van der Waals surface area contributed by atoms with Crippen LogP contribution >= 0.6 is 0 Å². The predicted octanol–water partition coefficient (Wildman–Crippen LogP) is 1.46. The van der Waals surface area contributed by atoms with Gasteiger partial charge in [0.1, 0.15) is 5.92 Å². The van der Waals surface area contributed by atoms with Crippen molar-refractivity contribution in [2.75, 3.05) is 6.54 Å². The summed E-state index contributed by atoms with van der Waals surface area (Å²) in [6.45, 7) is 2.56. The van der Waals surface area contributed by atoms with E-state index in [-0.39, 0.29) is 0 Å². The number of hydrogen-bond donors (Lipinski definition) is 3. The molecule has 0 heterocycles. The fourth-order valence-corrected chi connectivity index (χ4v) is 3.06. The molecule has 2 atom stereocenters. The second-order valence-electron chi connectivity index (χ2n) is 5.77. The Labute approximate surface area is 114 Å². The number of hydrogen-bond acceptors (Lipinski definition) is 3. The first-order valence-electron chi connectivity index (χ1n) is 7.16. The standard InChI is InChI=1S/C15H24N2O2/c1-11-6-5-9-13(14(16)18)15(11,19)17-10-12-7-3-2-4-8-12/h5-6,9,12-13,17,19H,2-4,7-8,10H2,1H3,(H2,16,18). The van der Waals surface area contributed by atoms with E-state index in [9.17, 15) is 9.90 Å². The van der Waals surface area contributed by atoms with Gasteiger partial charge in [0.05, 0.1) is 0 Å². The number of aliphatic hydroxyl groups is 1. The summed E-state index contributed by atoms with van der Waals surface area (Å²) < 4.78 is 0. The lowest BCUT2D eigenvalue weighted by atomic mass is 9.83. The lowest BCUT2D eigenvalue weighted by Gasteiger charge is -2.38. The third-order valence-electron chi connectivity index (χ3n) is 4.39. The smallest absolute Gasteiger partial charge is 0.229 e. The van der Waals surface area contributed by atoms with Crippen LogP contribution in [0, 0.1) is 11.8 Å². The minimum atomic E-state index is -1.32. The van der Waals surface area contributed by atoms with Crippen LogP contribution in [0.15, 0.2) is 23.8 Å². The number of carbonyl (C=O) groups is 1. The molecule has 1 saturated carbocycles. The maximum atomic E-state index is 11.5. The quantitative estimate of drug-likeness (QED) is 0.673. The van der Waals surface area contributed by atoms with E-state index in [1.54, 1.807) is 12.2 Å². The van der Waals surface area contributed by atoms with Crippen LogP contribution in [0.3, 0.4) is 0 Å². The Hall–Kier alpha value is -1.13. The first kappa shape index (κ1) is 14.3. The summed E-state index contributed by atoms with van der Waals surface area (Å²) in [5.41, 5.74) is 4.82. The first-order chi connectivity index (χ1) is 9.04. The molecule has 2 rings (SSSR count). The van der Waals surface area contributed by atoms with Gasteiger partial charge < -0.3 is 10.8 Å². The lowest BCUT2D eigenvalue weighted by Crippen LogP contribution is -2.57. The molecule has 2 aliphatic carbocycles. The van der Waals surface area contributed by atoms with Crippen molar-refractivity contribution in [3.05, 3.63) is 23.8 Å². The van der Waals surface area contributed by atoms with Gasteiger partial charge in [-0.15, -0.1) is 0 Å². The highest BCUT2D eigenvalue weighted by atomic mass is 16.3. The molecular weight excluding hydrogens is 240 g/mol. The summed E-state index contributed by atoms with van der Waals surface area (Å²) in [5, 5.41) is 14.0. The predicted molar refractivity (Wildman–Crippen MR) is 75.1 cm³/mol. The zero-order chi connectivity index (χ0) is 13.9. The number of primary amides is 1. The number of nitrogens with two attached hydrogens (primary N) is 1. The molecule has 4 N–H and O–H groups in total. The molecule has 0 aromatic heterocycles. The zero-order valence-corrected chi connectivity index (χ0v) is 11.6. The van der Waals surface area contributed by atoms with Crippen molar-refractivity contribution in [2.45, 2.75) is 44.8 Å². The van der Waals surface area contributed by atoms with Gasteiger partial charge in [0.2, 0.25) is 5.91 Å². The van der Waals surface area contributed by atoms with Crippen molar-refractivity contribution in [1.29, 1.82) is 0 Å². The zero-order valence-electron chi connectivity index (χ0n) is 11.6. The Morgan fingerprint density at radius 1 is 1.47 bits per heavy atom. The maximum absolute atomic E-state index is 11.5. The molecule has 4 heteroatoms. The summed E-state index contributed by atoms with van der Waals surface area (Å²) in [4.78, 5) is 11.5. The molecule has 1 fully saturated rings. The molecule has 4 nitrogen and oxygen atoms in total. The third kappa shape index (κ3) is 3.07. The second kappa shape index (κ2) is 5.88. The van der Waals surface area contributed by atoms with Crippen LogP contribution in [0.5, 0.6) is 0 Å². The van der Waals surface area contributed by atoms with Gasteiger partial charge >= 0.3 is 0 Å². The average molecular weight is 264 g/mol. The normalized spacial score (nSPS) is 32.1. The van der Waals surface area contributed by atoms with Crippen molar-refractivity contribution >= 4 is 5.91 Å². The number of nitrogens with one attached hydrogen (secondary N) is 1. The summed E-state index contributed by atoms with van der Waals surface area (Å²) in [7, 11) is 0. The minimum Gasteiger partial charge on any atom is -0.371 e. The van der Waals surface area contributed by atoms with E-state index < -0.39 is 17.6 Å². The Kier molecular flexibility index (Phi) is 4.42. The summed E-state index contributed by atoms with van der Waals surface area (Å²) >= 11 is 0. The maximum Gasteiger partial charge on any atom is 0.229 e. The lowest BCUT2D eigenvalue weighted by molar-refractivity contribution is -0.128. The van der Waals surface area contributed by atoms with Gasteiger partial charge in [0.25, 0.3) is 0 Å². The third-order valence-corrected chi connectivity index (χ3v) is 4.39. The Balaban J connectivity index is 2.03. The first-order valence-corrected chi connectivity index (χ1v) is 7.16. The van der Waals surface area contributed by atoms with E-state index in [4.69, 9.17) is 5.73 Å². The molecule has 2 aliphatic rings. The van der Waals surface area contributed by atoms with E-state index in [0.717, 1.165) is 12.1 Å². The van der Waals surface area contributed by atoms with Crippen LogP contribution in [-0.2, 0) is 4.79 Å². The second-order valence-corrected chi connectivity index (χ2v) is 5.77. The van der Waals surface area contributed by atoms with E-state index in [1.165, 1.54) is 32.1 Å². The molecule has 106 valence electrons. The largest absolute Gasteiger partial charge is 0.371 e. The molecule has 19 heavy (non-hydrogen) atoms. The highest BCUT2D eigenvalue weighted by molar-refractivity contribution is 5.81. The summed E-state index contributed by atoms with van der Waals surface area (Å²) in [5.74, 6) is -0.603. The summed E-state index contributed by atoms with van der Waals surface area (Å²) in [6, 6.07) is 0. The fourth-order valence-electron chi connectivity index (χ4n) is 3.06. The number of allylic oxidation sites excluding steroid dienone is 2. The van der Waals surface area contributed by atoms with Gasteiger partial charge in [-0.3, -0.25) is 10.1 Å². The van der Waals surface area contributed by atoms with Crippen LogP contribution in [0.4, 0.5) is 0 Å². The molecule has 1 amide bonds. The molecule has 2 unspecified atom stereocenters. The van der Waals surface area contributed by atoms with Crippen LogP contribution in [0.1, 0.15) is 39.0 Å². The topological polar surface area (TPSA) is 75.4 Å². The Morgan fingerprint density at radius 3 is 2.79 bits per heavy atom. The number of carbonyl (C=O) groups excluding carboxylic acids is 1. The molecule has 0 bridgehead atoms. The van der Waals surface area contributed by atoms with E-state index in [2.05, 4.69) is 5.32 Å². The van der Waals surface area contributed by atoms with Gasteiger partial charge in [0.15, 0.2) is 5.72 Å². The highest BCUT2D eigenvalue weighted by Crippen LogP contribution is 2.30. The highest BCUT2D eigenvalue weighted by Gasteiger charge is 2.41. The van der Waals surface area contributed by atoms with Crippen molar-refractivity contribution in [3.63, 3.8) is 0 Å². The Morgan fingerprint density at radius 2 is 2.16 bits per heavy atom. The van der Waals surface area contributed by atoms with E-state index >= 15 is 0 Å². The van der Waals surface area contributed by atoms with Crippen molar-refractivity contribution < 1.29 is 9.90 Å². The molecule has 0 spiro atoms. The SMILES string of the molecule is CC1=CC=CC(C(N)=O)C1(O)NCC1CCCCC1. The molecule has 0 aromatic rings. The van der Waals surface area contributed by atoms with Crippen LogP contribution in [0.2, 0.25) is 0 Å². The molecule has 0 aromatic carbocycles. The van der Waals surface area contributed by atoms with Crippen molar-refractivity contribution in [3.8, 4) is 0 Å². The van der Waals surface area contributed by atoms with Crippen LogP contribution < -0.4 is 11.1 Å². The minimum absolute atomic E-state index is 0.498. The van der Waals surface area contributed by atoms with Gasteiger partial charge in [-0.2, -0.15) is 0 Å². The Bertz CT molecular complexity index is 397. The van der Waals surface area contributed by atoms with Crippen LogP contribution in [0.25, 0.3) is 0 Å². The fraction of sp³-hybridized carbons (Fsp3) is 0.667. The molecule has 0 radical (unpaired) electrons. The van der Waals surface area contributed by atoms with Gasteiger partial charge in [-0.1, -0.05) is 37.5 Å². The molecular formula is C15H24N2O2. The van der Waals surface area contributed by atoms with Crippen molar-refractivity contribution in [1.82, 2.24) is 5.32 Å². The average Bonchev–Trinajstić information content (AvgIpc) is 2.41. The molecule has 0 saturated heterocycles. The van der Waals surface area contributed by atoms with Crippen molar-refractivity contribution in [2.24, 2.45) is 17.6 Å². The number of rotatable bonds is 4.